The maximum atomic E-state index is 14.6. The first-order valence-corrected chi connectivity index (χ1v) is 25.9. The number of likely N-dealkylation sites (N-methyl/N-ethyl adjacent to an activating group) is 2. The van der Waals surface area contributed by atoms with Gasteiger partial charge in [-0.3, -0.25) is 14.6 Å². The van der Waals surface area contributed by atoms with Crippen molar-refractivity contribution < 1.29 is 63.6 Å². The summed E-state index contributed by atoms with van der Waals surface area (Å²) in [7, 11) is 3.46. The molecule has 4 heterocycles. The standard InChI is InChI=1S/C53H90N4O13/c1-14-41-53(11,63)46(59)35(5)43(54-65-28-20-19-23-57-26-24-56(15-2)25-27-57)33(3)30-51(9,62)48(70-50-44(58)40(29-34(4)66-50)55(12)32-39-21-17-16-18-22-39)36(6)45(37(7)49(61)68-41)69-42-31-52(10,64-13)47(60)38(8)67-42/h16-22,33-38,40-42,44-48,50,58-60,62-63H,14-15,23-32H2,1-13H3/b20-19+,54-43+/t33-,34-,35+,36+,37-,38+,40+,41-,42+,44-,45+,46-,47+,48-,50+,51+,52-,53-/m1/s1. The summed E-state index contributed by atoms with van der Waals surface area (Å²) in [5.74, 6) is -4.09. The van der Waals surface area contributed by atoms with Gasteiger partial charge in [-0.25, -0.2) is 0 Å². The molecule has 0 spiro atoms. The molecule has 70 heavy (non-hydrogen) atoms. The summed E-state index contributed by atoms with van der Waals surface area (Å²) in [5.41, 5.74) is -3.35. The van der Waals surface area contributed by atoms with Gasteiger partial charge in [0.05, 0.1) is 53.4 Å². The monoisotopic (exact) mass is 991 g/mol. The summed E-state index contributed by atoms with van der Waals surface area (Å²) in [6, 6.07) is 9.60. The summed E-state index contributed by atoms with van der Waals surface area (Å²) in [4.78, 5) is 27.4. The van der Waals surface area contributed by atoms with E-state index in [9.17, 15) is 30.3 Å². The number of benzene rings is 1. The Kier molecular flexibility index (Phi) is 21.3. The number of esters is 1. The van der Waals surface area contributed by atoms with Crippen molar-refractivity contribution in [1.29, 1.82) is 0 Å². The summed E-state index contributed by atoms with van der Waals surface area (Å²) < 4.78 is 38.5. The van der Waals surface area contributed by atoms with Crippen LogP contribution in [0.25, 0.3) is 0 Å². The number of cyclic esters (lactones) is 1. The minimum absolute atomic E-state index is 0.00760. The number of rotatable bonds is 15. The second kappa shape index (κ2) is 25.6. The second-order valence-electron chi connectivity index (χ2n) is 21.5. The van der Waals surface area contributed by atoms with Crippen molar-refractivity contribution in [3.63, 3.8) is 0 Å². The Bertz CT molecular complexity index is 1820. The Morgan fingerprint density at radius 3 is 2.16 bits per heavy atom. The molecule has 17 nitrogen and oxygen atoms in total. The molecule has 0 amide bonds. The van der Waals surface area contributed by atoms with Crippen molar-refractivity contribution in [3.05, 3.63) is 48.0 Å². The Labute approximate surface area is 418 Å². The van der Waals surface area contributed by atoms with Gasteiger partial charge in [-0.1, -0.05) is 76.2 Å². The molecule has 1 aromatic rings. The third-order valence-electron chi connectivity index (χ3n) is 15.8. The van der Waals surface area contributed by atoms with Gasteiger partial charge in [0.1, 0.15) is 30.5 Å². The van der Waals surface area contributed by atoms with Crippen molar-refractivity contribution >= 4 is 11.7 Å². The van der Waals surface area contributed by atoms with Crippen LogP contribution in [0.5, 0.6) is 0 Å². The fraction of sp³-hybridized carbons (Fsp3) is 0.811. The van der Waals surface area contributed by atoms with Crippen molar-refractivity contribution in [1.82, 2.24) is 14.7 Å². The normalized spacial score (nSPS) is 42.0. The number of carbonyl (C=O) groups excluding carboxylic acids is 1. The highest BCUT2D eigenvalue weighted by Crippen LogP contribution is 2.41. The molecule has 0 radical (unpaired) electrons. The third kappa shape index (κ3) is 14.4. The number of nitrogens with zero attached hydrogens (tertiary/aromatic N) is 4. The van der Waals surface area contributed by atoms with Crippen LogP contribution in [0.2, 0.25) is 0 Å². The average molecular weight is 991 g/mol. The van der Waals surface area contributed by atoms with E-state index < -0.39 is 102 Å². The first-order chi connectivity index (χ1) is 33.0. The Morgan fingerprint density at radius 2 is 1.53 bits per heavy atom. The number of hydrogen-bond acceptors (Lipinski definition) is 17. The van der Waals surface area contributed by atoms with Gasteiger partial charge in [0, 0.05) is 76.6 Å². The van der Waals surface area contributed by atoms with Crippen LogP contribution < -0.4 is 0 Å². The second-order valence-corrected chi connectivity index (χ2v) is 21.5. The highest BCUT2D eigenvalue weighted by molar-refractivity contribution is 5.88. The van der Waals surface area contributed by atoms with Gasteiger partial charge in [0.25, 0.3) is 0 Å². The van der Waals surface area contributed by atoms with E-state index in [4.69, 9.17) is 33.3 Å². The molecule has 1 aromatic carbocycles. The molecule has 5 N–H and O–H groups in total. The molecule has 4 fully saturated rings. The molecular formula is C53H90N4O13. The first kappa shape index (κ1) is 58.3. The van der Waals surface area contributed by atoms with Gasteiger partial charge in [-0.15, -0.1) is 0 Å². The van der Waals surface area contributed by atoms with E-state index >= 15 is 0 Å². The van der Waals surface area contributed by atoms with Gasteiger partial charge in [-0.2, -0.15) is 0 Å². The van der Waals surface area contributed by atoms with Crippen LogP contribution in [0.1, 0.15) is 107 Å². The largest absolute Gasteiger partial charge is 0.459 e. The average Bonchev–Trinajstić information content (AvgIpc) is 3.32. The van der Waals surface area contributed by atoms with Crippen molar-refractivity contribution in [2.24, 2.45) is 28.8 Å². The lowest BCUT2D eigenvalue weighted by Crippen LogP contribution is -2.61. The molecule has 4 aliphatic heterocycles. The SMILES string of the molecule is CC[C@H]1OC(=O)[C@H](C)[C@@H](O[C@H]2C[C@@](C)(OC)[C@@H](O)[C@H](C)O2)[C@H](C)[C@@H](O[C@@H]2O[C@H](C)C[C@H](N(C)Cc3ccccc3)[C@H]2O)[C@@](C)(O)C[C@@H](C)/C(=N\OC/C=C/CN2CCN(CC)CC2)[C@H](C)[C@@H](O)[C@]1(C)O. The van der Waals surface area contributed by atoms with Crippen LogP contribution in [0.3, 0.4) is 0 Å². The van der Waals surface area contributed by atoms with Crippen LogP contribution in [-0.4, -0.2) is 196 Å². The lowest BCUT2D eigenvalue weighted by Gasteiger charge is -2.49. The van der Waals surface area contributed by atoms with Gasteiger partial charge in [-0.05, 0) is 86.0 Å². The van der Waals surface area contributed by atoms with E-state index in [2.05, 4.69) is 32.9 Å². The molecule has 0 aliphatic carbocycles. The van der Waals surface area contributed by atoms with E-state index in [1.807, 2.05) is 64.2 Å². The summed E-state index contributed by atoms with van der Waals surface area (Å²) in [6.07, 6.45) is -5.65. The zero-order chi connectivity index (χ0) is 51.7. The Hall–Kier alpha value is -2.62. The Morgan fingerprint density at radius 1 is 0.871 bits per heavy atom. The minimum Gasteiger partial charge on any atom is -0.459 e. The zero-order valence-corrected chi connectivity index (χ0v) is 44.5. The minimum atomic E-state index is -1.96. The molecule has 0 saturated carbocycles. The zero-order valence-electron chi connectivity index (χ0n) is 44.5. The fourth-order valence-electron chi connectivity index (χ4n) is 11.2. The topological polar surface area (TPSA) is 205 Å². The molecule has 400 valence electrons. The number of carbonyl (C=O) groups is 1. The van der Waals surface area contributed by atoms with Gasteiger partial charge < -0.3 is 63.7 Å². The van der Waals surface area contributed by atoms with Crippen molar-refractivity contribution in [3.8, 4) is 0 Å². The van der Waals surface area contributed by atoms with Crippen LogP contribution in [0, 0.1) is 23.7 Å². The predicted molar refractivity (Wildman–Crippen MR) is 267 cm³/mol. The lowest BCUT2D eigenvalue weighted by atomic mass is 9.73. The van der Waals surface area contributed by atoms with Crippen molar-refractivity contribution in [2.45, 2.75) is 193 Å². The maximum absolute atomic E-state index is 14.6. The van der Waals surface area contributed by atoms with Gasteiger partial charge in [0.15, 0.2) is 12.6 Å². The molecule has 0 bridgehead atoms. The smallest absolute Gasteiger partial charge is 0.311 e. The number of hydrogen-bond donors (Lipinski definition) is 5. The van der Waals surface area contributed by atoms with Crippen LogP contribution >= 0.6 is 0 Å². The number of aliphatic hydroxyl groups excluding tert-OH is 3. The highest BCUT2D eigenvalue weighted by Gasteiger charge is 2.53. The van der Waals surface area contributed by atoms with E-state index in [0.717, 1.165) is 44.8 Å². The number of methoxy groups -OCH3 is 1. The van der Waals surface area contributed by atoms with E-state index in [0.29, 0.717) is 18.7 Å². The quantitative estimate of drug-likeness (QED) is 0.0717. The van der Waals surface area contributed by atoms with E-state index in [1.54, 1.807) is 41.5 Å². The maximum Gasteiger partial charge on any atom is 0.311 e. The highest BCUT2D eigenvalue weighted by atomic mass is 16.7. The number of ether oxygens (including phenoxy) is 6. The lowest BCUT2D eigenvalue weighted by molar-refractivity contribution is -0.318. The molecule has 4 aliphatic rings. The van der Waals surface area contributed by atoms with E-state index in [-0.39, 0.29) is 38.0 Å². The molecule has 18 atom stereocenters. The summed E-state index contributed by atoms with van der Waals surface area (Å²) >= 11 is 0. The summed E-state index contributed by atoms with van der Waals surface area (Å²) in [6.45, 7) is 26.1. The molecule has 17 heteroatoms. The number of piperazine rings is 1. The van der Waals surface area contributed by atoms with Gasteiger partial charge in [0.2, 0.25) is 0 Å². The molecule has 4 saturated heterocycles. The van der Waals surface area contributed by atoms with Crippen LogP contribution in [0.4, 0.5) is 0 Å². The third-order valence-corrected chi connectivity index (χ3v) is 15.8. The van der Waals surface area contributed by atoms with Crippen LogP contribution in [-0.2, 0) is 44.6 Å². The van der Waals surface area contributed by atoms with Crippen LogP contribution in [0.15, 0.2) is 47.6 Å². The fourth-order valence-corrected chi connectivity index (χ4v) is 11.2. The predicted octanol–water partition coefficient (Wildman–Crippen LogP) is 4.35. The number of oxime groups is 1. The first-order valence-electron chi connectivity index (χ1n) is 25.9. The van der Waals surface area contributed by atoms with Crippen molar-refractivity contribution in [2.75, 3.05) is 60.0 Å². The molecule has 0 unspecified atom stereocenters. The molecular weight excluding hydrogens is 901 g/mol. The van der Waals surface area contributed by atoms with E-state index in [1.165, 1.54) is 14.0 Å². The Balaban J connectivity index is 1.54. The molecule has 0 aromatic heterocycles. The van der Waals surface area contributed by atoms with Gasteiger partial charge >= 0.3 is 5.97 Å². The number of aliphatic hydroxyl groups is 5. The summed E-state index contributed by atoms with van der Waals surface area (Å²) in [5, 5.41) is 65.3. The molecule has 5 rings (SSSR count).